The lowest BCUT2D eigenvalue weighted by Gasteiger charge is -2.21. The van der Waals surface area contributed by atoms with Gasteiger partial charge in [0.1, 0.15) is 5.82 Å². The van der Waals surface area contributed by atoms with E-state index in [1.807, 2.05) is 7.05 Å². The van der Waals surface area contributed by atoms with E-state index in [1.165, 1.54) is 12.3 Å². The minimum Gasteiger partial charge on any atom is -0.381 e. The quantitative estimate of drug-likeness (QED) is 0.821. The zero-order chi connectivity index (χ0) is 10.7. The number of ether oxygens (including phenoxy) is 1. The third-order valence-corrected chi connectivity index (χ3v) is 2.83. The molecule has 2 atom stereocenters. The van der Waals surface area contributed by atoms with Crippen LogP contribution in [0, 0.1) is 11.7 Å². The van der Waals surface area contributed by atoms with Crippen LogP contribution in [-0.2, 0) is 4.74 Å². The molecule has 3 nitrogen and oxygen atoms in total. The summed E-state index contributed by atoms with van der Waals surface area (Å²) in [5.41, 5.74) is 0.896. The predicted molar refractivity (Wildman–Crippen MR) is 54.9 cm³/mol. The van der Waals surface area contributed by atoms with Gasteiger partial charge in [-0.25, -0.2) is 4.39 Å². The fourth-order valence-electron chi connectivity index (χ4n) is 2.09. The minimum absolute atomic E-state index is 0.135. The summed E-state index contributed by atoms with van der Waals surface area (Å²) >= 11 is 0. The molecule has 0 bridgehead atoms. The maximum absolute atomic E-state index is 13.0. The van der Waals surface area contributed by atoms with Crippen LogP contribution in [0.15, 0.2) is 18.5 Å². The highest BCUT2D eigenvalue weighted by Crippen LogP contribution is 2.28. The standard InChI is InChI=1S/C11H15FN2O/c1-13-11(8-2-3-15-7-8)9-4-10(12)6-14-5-9/h4-6,8,11,13H,2-3,7H2,1H3. The molecule has 0 amide bonds. The molecule has 1 saturated heterocycles. The van der Waals surface area contributed by atoms with Crippen molar-refractivity contribution in [2.75, 3.05) is 20.3 Å². The summed E-state index contributed by atoms with van der Waals surface area (Å²) in [4.78, 5) is 3.87. The molecular formula is C11H15FN2O. The number of aromatic nitrogens is 1. The molecule has 0 spiro atoms. The van der Waals surface area contributed by atoms with Gasteiger partial charge in [-0.3, -0.25) is 4.98 Å². The van der Waals surface area contributed by atoms with Crippen LogP contribution in [0.25, 0.3) is 0 Å². The second kappa shape index (κ2) is 4.68. The second-order valence-electron chi connectivity index (χ2n) is 3.83. The smallest absolute Gasteiger partial charge is 0.141 e. The van der Waals surface area contributed by atoms with Crippen molar-refractivity contribution in [1.82, 2.24) is 10.3 Å². The van der Waals surface area contributed by atoms with E-state index < -0.39 is 0 Å². The third kappa shape index (κ3) is 2.33. The Hall–Kier alpha value is -1.00. The average Bonchev–Trinajstić information content (AvgIpc) is 2.72. The van der Waals surface area contributed by atoms with Gasteiger partial charge in [-0.15, -0.1) is 0 Å². The summed E-state index contributed by atoms with van der Waals surface area (Å²) in [6.45, 7) is 1.54. The van der Waals surface area contributed by atoms with E-state index in [9.17, 15) is 4.39 Å². The summed E-state index contributed by atoms with van der Waals surface area (Å²) < 4.78 is 18.4. The first kappa shape index (κ1) is 10.5. The van der Waals surface area contributed by atoms with E-state index in [-0.39, 0.29) is 11.9 Å². The zero-order valence-electron chi connectivity index (χ0n) is 8.74. The van der Waals surface area contributed by atoms with Crippen LogP contribution >= 0.6 is 0 Å². The van der Waals surface area contributed by atoms with E-state index in [0.29, 0.717) is 5.92 Å². The first-order chi connectivity index (χ1) is 7.31. The average molecular weight is 210 g/mol. The predicted octanol–water partition coefficient (Wildman–Crippen LogP) is 1.52. The van der Waals surface area contributed by atoms with Crippen molar-refractivity contribution < 1.29 is 9.13 Å². The molecule has 2 heterocycles. The summed E-state index contributed by atoms with van der Waals surface area (Å²) in [7, 11) is 1.88. The molecular weight excluding hydrogens is 195 g/mol. The second-order valence-corrected chi connectivity index (χ2v) is 3.83. The molecule has 1 N–H and O–H groups in total. The Morgan fingerprint density at radius 3 is 3.07 bits per heavy atom. The Kier molecular flexibility index (Phi) is 3.28. The van der Waals surface area contributed by atoms with Gasteiger partial charge in [0.15, 0.2) is 0 Å². The molecule has 0 aliphatic carbocycles. The van der Waals surface area contributed by atoms with E-state index >= 15 is 0 Å². The molecule has 1 aromatic rings. The molecule has 2 rings (SSSR count). The highest BCUT2D eigenvalue weighted by molar-refractivity contribution is 5.16. The van der Waals surface area contributed by atoms with Crippen LogP contribution in [-0.4, -0.2) is 25.2 Å². The summed E-state index contributed by atoms with van der Waals surface area (Å²) in [5.74, 6) is 0.130. The minimum atomic E-state index is -0.285. The van der Waals surface area contributed by atoms with Crippen molar-refractivity contribution in [3.63, 3.8) is 0 Å². The molecule has 4 heteroatoms. The highest BCUT2D eigenvalue weighted by Gasteiger charge is 2.26. The van der Waals surface area contributed by atoms with Crippen molar-refractivity contribution in [3.8, 4) is 0 Å². The van der Waals surface area contributed by atoms with Gasteiger partial charge in [0.05, 0.1) is 12.8 Å². The number of nitrogens with zero attached hydrogens (tertiary/aromatic N) is 1. The van der Waals surface area contributed by atoms with Crippen LogP contribution in [0.1, 0.15) is 18.0 Å². The van der Waals surface area contributed by atoms with E-state index in [1.54, 1.807) is 6.20 Å². The lowest BCUT2D eigenvalue weighted by Crippen LogP contribution is -2.25. The number of pyridine rings is 1. The van der Waals surface area contributed by atoms with Crippen molar-refractivity contribution >= 4 is 0 Å². The Labute approximate surface area is 88.7 Å². The topological polar surface area (TPSA) is 34.2 Å². The van der Waals surface area contributed by atoms with Crippen molar-refractivity contribution in [2.45, 2.75) is 12.5 Å². The lowest BCUT2D eigenvalue weighted by molar-refractivity contribution is 0.177. The summed E-state index contributed by atoms with van der Waals surface area (Å²) in [6.07, 6.45) is 3.95. The largest absolute Gasteiger partial charge is 0.381 e. The zero-order valence-corrected chi connectivity index (χ0v) is 8.74. The number of hydrogen-bond acceptors (Lipinski definition) is 3. The molecule has 0 aromatic carbocycles. The number of rotatable bonds is 3. The number of halogens is 1. The van der Waals surface area contributed by atoms with Crippen LogP contribution < -0.4 is 5.32 Å². The van der Waals surface area contributed by atoms with Gasteiger partial charge in [-0.05, 0) is 25.1 Å². The normalized spacial score (nSPS) is 22.9. The van der Waals surface area contributed by atoms with Gasteiger partial charge in [-0.1, -0.05) is 0 Å². The van der Waals surface area contributed by atoms with Crippen LogP contribution in [0.3, 0.4) is 0 Å². The van der Waals surface area contributed by atoms with Crippen molar-refractivity contribution in [1.29, 1.82) is 0 Å². The third-order valence-electron chi connectivity index (χ3n) is 2.83. The Morgan fingerprint density at radius 2 is 2.47 bits per heavy atom. The summed E-state index contributed by atoms with van der Waals surface area (Å²) in [5, 5.41) is 3.20. The van der Waals surface area contributed by atoms with Gasteiger partial charge in [0.25, 0.3) is 0 Å². The molecule has 82 valence electrons. The molecule has 1 aromatic heterocycles. The number of hydrogen-bond donors (Lipinski definition) is 1. The van der Waals surface area contributed by atoms with Gasteiger partial charge < -0.3 is 10.1 Å². The van der Waals surface area contributed by atoms with E-state index in [4.69, 9.17) is 4.74 Å². The Bertz CT molecular complexity index is 326. The van der Waals surface area contributed by atoms with Crippen molar-refractivity contribution in [2.24, 2.45) is 5.92 Å². The SMILES string of the molecule is CNC(c1cncc(F)c1)C1CCOC1. The van der Waals surface area contributed by atoms with E-state index in [2.05, 4.69) is 10.3 Å². The van der Waals surface area contributed by atoms with Gasteiger partial charge in [-0.2, -0.15) is 0 Å². The van der Waals surface area contributed by atoms with Crippen LogP contribution in [0.2, 0.25) is 0 Å². The molecule has 1 aliphatic rings. The lowest BCUT2D eigenvalue weighted by atomic mass is 9.93. The first-order valence-corrected chi connectivity index (χ1v) is 5.16. The molecule has 2 unspecified atom stereocenters. The van der Waals surface area contributed by atoms with E-state index in [0.717, 1.165) is 25.2 Å². The monoisotopic (exact) mass is 210 g/mol. The van der Waals surface area contributed by atoms with Gasteiger partial charge in [0.2, 0.25) is 0 Å². The summed E-state index contributed by atoms with van der Waals surface area (Å²) in [6, 6.07) is 1.67. The molecule has 0 radical (unpaired) electrons. The molecule has 1 fully saturated rings. The number of nitrogens with one attached hydrogen (secondary N) is 1. The molecule has 15 heavy (non-hydrogen) atoms. The first-order valence-electron chi connectivity index (χ1n) is 5.16. The molecule has 1 aliphatic heterocycles. The fraction of sp³-hybridized carbons (Fsp3) is 0.545. The Balaban J connectivity index is 2.18. The fourth-order valence-corrected chi connectivity index (χ4v) is 2.09. The molecule has 0 saturated carbocycles. The maximum atomic E-state index is 13.0. The highest BCUT2D eigenvalue weighted by atomic mass is 19.1. The maximum Gasteiger partial charge on any atom is 0.141 e. The van der Waals surface area contributed by atoms with Crippen LogP contribution in [0.5, 0.6) is 0 Å². The van der Waals surface area contributed by atoms with Crippen LogP contribution in [0.4, 0.5) is 4.39 Å². The van der Waals surface area contributed by atoms with Crippen molar-refractivity contribution in [3.05, 3.63) is 29.8 Å². The van der Waals surface area contributed by atoms with Gasteiger partial charge >= 0.3 is 0 Å². The van der Waals surface area contributed by atoms with Gasteiger partial charge in [0, 0.05) is 24.8 Å². The Morgan fingerprint density at radius 1 is 1.60 bits per heavy atom.